The van der Waals surface area contributed by atoms with Gasteiger partial charge in [-0.3, -0.25) is 9.97 Å². The van der Waals surface area contributed by atoms with E-state index < -0.39 is 0 Å². The molecule has 2 heterocycles. The number of nitrogens with two attached hydrogens (primary N) is 1. The van der Waals surface area contributed by atoms with E-state index in [0.717, 1.165) is 21.9 Å². The Balaban J connectivity index is 2.42. The monoisotopic (exact) mass is 232 g/mol. The summed E-state index contributed by atoms with van der Waals surface area (Å²) in [6.07, 6.45) is 6.86. The van der Waals surface area contributed by atoms with Gasteiger partial charge in [0.05, 0.1) is 18.1 Å². The number of nitrogen functional groups attached to an aromatic ring is 1. The van der Waals surface area contributed by atoms with Crippen molar-refractivity contribution in [3.63, 3.8) is 0 Å². The fourth-order valence-electron chi connectivity index (χ4n) is 1.34. The van der Waals surface area contributed by atoms with Crippen LogP contribution >= 0.6 is 11.8 Å². The summed E-state index contributed by atoms with van der Waals surface area (Å²) in [5.41, 5.74) is 7.39. The fourth-order valence-corrected chi connectivity index (χ4v) is 2.11. The lowest BCUT2D eigenvalue weighted by Crippen LogP contribution is -1.93. The zero-order valence-electron chi connectivity index (χ0n) is 8.92. The first-order chi connectivity index (χ1) is 7.81. The van der Waals surface area contributed by atoms with Gasteiger partial charge in [-0.2, -0.15) is 0 Å². The molecule has 0 unspecified atom stereocenters. The van der Waals surface area contributed by atoms with Gasteiger partial charge in [-0.15, -0.1) is 11.8 Å². The van der Waals surface area contributed by atoms with E-state index in [2.05, 4.69) is 21.9 Å². The molecule has 0 aromatic carbocycles. The molecule has 2 N–H and O–H groups in total. The maximum Gasteiger partial charge on any atom is 0.141 e. The van der Waals surface area contributed by atoms with Crippen molar-refractivity contribution < 1.29 is 0 Å². The quantitative estimate of drug-likeness (QED) is 0.822. The van der Waals surface area contributed by atoms with Gasteiger partial charge in [-0.25, -0.2) is 4.98 Å². The van der Waals surface area contributed by atoms with Crippen LogP contribution in [0.15, 0.2) is 35.7 Å². The van der Waals surface area contributed by atoms with Gasteiger partial charge in [0.1, 0.15) is 5.82 Å². The Morgan fingerprint density at radius 1 is 1.25 bits per heavy atom. The lowest BCUT2D eigenvalue weighted by molar-refractivity contribution is 1.17. The lowest BCUT2D eigenvalue weighted by Gasteiger charge is -2.06. The van der Waals surface area contributed by atoms with Crippen molar-refractivity contribution in [1.82, 2.24) is 15.0 Å². The van der Waals surface area contributed by atoms with Crippen LogP contribution in [-0.2, 0) is 0 Å². The summed E-state index contributed by atoms with van der Waals surface area (Å²) < 4.78 is 0. The van der Waals surface area contributed by atoms with Crippen LogP contribution in [0.4, 0.5) is 5.82 Å². The molecule has 0 amide bonds. The molecule has 2 aromatic rings. The number of rotatable bonds is 3. The Labute approximate surface area is 98.3 Å². The summed E-state index contributed by atoms with van der Waals surface area (Å²) in [4.78, 5) is 13.5. The number of hydrogen-bond donors (Lipinski definition) is 1. The SMILES string of the molecule is CCSc1cnccc1-c1cnc(N)cn1. The number of pyridine rings is 1. The highest BCUT2D eigenvalue weighted by Crippen LogP contribution is 2.28. The molecule has 0 spiro atoms. The first-order valence-electron chi connectivity index (χ1n) is 4.96. The Morgan fingerprint density at radius 3 is 2.81 bits per heavy atom. The molecule has 0 radical (unpaired) electrons. The van der Waals surface area contributed by atoms with Gasteiger partial charge in [0.2, 0.25) is 0 Å². The molecule has 82 valence electrons. The van der Waals surface area contributed by atoms with Crippen molar-refractivity contribution in [3.05, 3.63) is 30.9 Å². The van der Waals surface area contributed by atoms with E-state index in [9.17, 15) is 0 Å². The Bertz CT molecular complexity index is 470. The minimum atomic E-state index is 0.433. The largest absolute Gasteiger partial charge is 0.382 e. The van der Waals surface area contributed by atoms with E-state index in [4.69, 9.17) is 5.73 Å². The molecular formula is C11H12N4S. The van der Waals surface area contributed by atoms with Crippen molar-refractivity contribution >= 4 is 17.6 Å². The standard InChI is InChI=1S/C11H12N4S/c1-2-16-10-6-13-4-3-8(10)9-5-15-11(12)7-14-9/h3-7H,2H2,1H3,(H2,12,15). The van der Waals surface area contributed by atoms with Gasteiger partial charge in [0, 0.05) is 22.9 Å². The van der Waals surface area contributed by atoms with Crippen LogP contribution in [-0.4, -0.2) is 20.7 Å². The molecule has 0 fully saturated rings. The van der Waals surface area contributed by atoms with Gasteiger partial charge in [0.25, 0.3) is 0 Å². The molecule has 2 rings (SSSR count). The third-order valence-corrected chi connectivity index (χ3v) is 2.96. The van der Waals surface area contributed by atoms with Crippen molar-refractivity contribution in [2.24, 2.45) is 0 Å². The molecule has 4 nitrogen and oxygen atoms in total. The average Bonchev–Trinajstić information content (AvgIpc) is 2.32. The van der Waals surface area contributed by atoms with E-state index in [1.165, 1.54) is 0 Å². The molecule has 0 aliphatic heterocycles. The van der Waals surface area contributed by atoms with Gasteiger partial charge in [0.15, 0.2) is 0 Å². The van der Waals surface area contributed by atoms with E-state index in [1.807, 2.05) is 12.3 Å². The second-order valence-electron chi connectivity index (χ2n) is 3.13. The maximum absolute atomic E-state index is 5.51. The van der Waals surface area contributed by atoms with Crippen molar-refractivity contribution in [3.8, 4) is 11.3 Å². The van der Waals surface area contributed by atoms with Crippen LogP contribution in [0.2, 0.25) is 0 Å². The van der Waals surface area contributed by atoms with Gasteiger partial charge >= 0.3 is 0 Å². The molecule has 0 saturated carbocycles. The smallest absolute Gasteiger partial charge is 0.141 e. The zero-order valence-corrected chi connectivity index (χ0v) is 9.74. The number of nitrogens with zero attached hydrogens (tertiary/aromatic N) is 3. The van der Waals surface area contributed by atoms with Gasteiger partial charge in [-0.05, 0) is 11.8 Å². The lowest BCUT2D eigenvalue weighted by atomic mass is 10.2. The van der Waals surface area contributed by atoms with Crippen LogP contribution < -0.4 is 5.73 Å². The predicted octanol–water partition coefficient (Wildman–Crippen LogP) is 2.23. The molecule has 0 saturated heterocycles. The highest BCUT2D eigenvalue weighted by atomic mass is 32.2. The van der Waals surface area contributed by atoms with Crippen LogP contribution in [0.1, 0.15) is 6.92 Å². The van der Waals surface area contributed by atoms with Crippen LogP contribution in [0, 0.1) is 0 Å². The summed E-state index contributed by atoms with van der Waals surface area (Å²) in [6, 6.07) is 1.94. The second kappa shape index (κ2) is 4.94. The van der Waals surface area contributed by atoms with Crippen molar-refractivity contribution in [2.75, 3.05) is 11.5 Å². The Morgan fingerprint density at radius 2 is 2.12 bits per heavy atom. The molecule has 0 atom stereocenters. The predicted molar refractivity (Wildman–Crippen MR) is 66.1 cm³/mol. The summed E-state index contributed by atoms with van der Waals surface area (Å²) in [7, 11) is 0. The third kappa shape index (κ3) is 2.30. The normalized spacial score (nSPS) is 10.3. The second-order valence-corrected chi connectivity index (χ2v) is 4.44. The summed E-state index contributed by atoms with van der Waals surface area (Å²) >= 11 is 1.74. The number of hydrogen-bond acceptors (Lipinski definition) is 5. The van der Waals surface area contributed by atoms with E-state index in [1.54, 1.807) is 30.4 Å². The number of thioether (sulfide) groups is 1. The molecular weight excluding hydrogens is 220 g/mol. The first kappa shape index (κ1) is 10.9. The summed E-state index contributed by atoms with van der Waals surface area (Å²) in [6.45, 7) is 2.11. The molecule has 2 aromatic heterocycles. The molecule has 0 aliphatic carbocycles. The summed E-state index contributed by atoms with van der Waals surface area (Å²) in [5, 5.41) is 0. The number of aromatic nitrogens is 3. The minimum absolute atomic E-state index is 0.433. The Hall–Kier alpha value is -1.62. The van der Waals surface area contributed by atoms with Crippen LogP contribution in [0.25, 0.3) is 11.3 Å². The van der Waals surface area contributed by atoms with Gasteiger partial charge in [-0.1, -0.05) is 6.92 Å². The Kier molecular flexibility index (Phi) is 3.36. The average molecular weight is 232 g/mol. The molecule has 0 aliphatic rings. The van der Waals surface area contributed by atoms with Crippen LogP contribution in [0.5, 0.6) is 0 Å². The van der Waals surface area contributed by atoms with E-state index in [-0.39, 0.29) is 0 Å². The third-order valence-electron chi connectivity index (χ3n) is 2.03. The zero-order chi connectivity index (χ0) is 11.4. The van der Waals surface area contributed by atoms with E-state index in [0.29, 0.717) is 5.82 Å². The first-order valence-corrected chi connectivity index (χ1v) is 5.94. The number of anilines is 1. The molecule has 5 heteroatoms. The summed E-state index contributed by atoms with van der Waals surface area (Å²) in [5.74, 6) is 1.43. The van der Waals surface area contributed by atoms with Crippen molar-refractivity contribution in [2.45, 2.75) is 11.8 Å². The molecule has 16 heavy (non-hydrogen) atoms. The van der Waals surface area contributed by atoms with E-state index >= 15 is 0 Å². The van der Waals surface area contributed by atoms with Crippen molar-refractivity contribution in [1.29, 1.82) is 0 Å². The molecule has 0 bridgehead atoms. The van der Waals surface area contributed by atoms with Gasteiger partial charge < -0.3 is 5.73 Å². The minimum Gasteiger partial charge on any atom is -0.382 e. The fraction of sp³-hybridized carbons (Fsp3) is 0.182. The topological polar surface area (TPSA) is 64.7 Å². The highest BCUT2D eigenvalue weighted by Gasteiger charge is 2.06. The van der Waals surface area contributed by atoms with Crippen LogP contribution in [0.3, 0.4) is 0 Å². The maximum atomic E-state index is 5.51. The highest BCUT2D eigenvalue weighted by molar-refractivity contribution is 7.99.